The van der Waals surface area contributed by atoms with Crippen LogP contribution in [0.25, 0.3) is 0 Å². The minimum Gasteiger partial charge on any atom is -0.494 e. The SMILES string of the molecule is CCC1(C)NC(=O)C(C)N(c2ccc(F)cc2OC)C1=O. The number of anilines is 1. The fourth-order valence-electron chi connectivity index (χ4n) is 2.40. The van der Waals surface area contributed by atoms with Crippen LogP contribution in [0, 0.1) is 5.82 Å². The van der Waals surface area contributed by atoms with Crippen LogP contribution < -0.4 is 15.0 Å². The molecule has 1 heterocycles. The zero-order chi connectivity index (χ0) is 15.8. The van der Waals surface area contributed by atoms with E-state index in [4.69, 9.17) is 4.74 Å². The molecule has 1 aliphatic rings. The summed E-state index contributed by atoms with van der Waals surface area (Å²) in [5.41, 5.74) is -0.575. The van der Waals surface area contributed by atoms with E-state index in [2.05, 4.69) is 5.32 Å². The van der Waals surface area contributed by atoms with Gasteiger partial charge in [0.1, 0.15) is 23.1 Å². The van der Waals surface area contributed by atoms with E-state index < -0.39 is 17.4 Å². The summed E-state index contributed by atoms with van der Waals surface area (Å²) >= 11 is 0. The number of rotatable bonds is 3. The van der Waals surface area contributed by atoms with Crippen LogP contribution >= 0.6 is 0 Å². The smallest absolute Gasteiger partial charge is 0.253 e. The first-order chi connectivity index (χ1) is 9.84. The topological polar surface area (TPSA) is 58.6 Å². The Kier molecular flexibility index (Phi) is 3.89. The number of piperazine rings is 1. The van der Waals surface area contributed by atoms with Crippen molar-refractivity contribution in [2.24, 2.45) is 0 Å². The van der Waals surface area contributed by atoms with Crippen molar-refractivity contribution in [2.45, 2.75) is 38.8 Å². The minimum absolute atomic E-state index is 0.225. The number of carbonyl (C=O) groups is 2. The summed E-state index contributed by atoms with van der Waals surface area (Å²) in [5.74, 6) is -0.717. The van der Waals surface area contributed by atoms with Gasteiger partial charge in [-0.25, -0.2) is 4.39 Å². The van der Waals surface area contributed by atoms with Crippen molar-refractivity contribution in [3.05, 3.63) is 24.0 Å². The lowest BCUT2D eigenvalue weighted by Gasteiger charge is -2.43. The number of ether oxygens (including phenoxy) is 1. The second-order valence-electron chi connectivity index (χ2n) is 5.34. The number of hydrogen-bond donors (Lipinski definition) is 1. The number of methoxy groups -OCH3 is 1. The number of hydrogen-bond acceptors (Lipinski definition) is 3. The predicted molar refractivity (Wildman–Crippen MR) is 76.7 cm³/mol. The van der Waals surface area contributed by atoms with Crippen molar-refractivity contribution in [1.82, 2.24) is 5.32 Å². The molecular formula is C15H19FN2O3. The molecule has 2 atom stereocenters. The van der Waals surface area contributed by atoms with Gasteiger partial charge in [0.15, 0.2) is 0 Å². The summed E-state index contributed by atoms with van der Waals surface area (Å²) in [6.45, 7) is 5.14. The molecule has 6 heteroatoms. The van der Waals surface area contributed by atoms with Crippen molar-refractivity contribution in [3.8, 4) is 5.75 Å². The maximum Gasteiger partial charge on any atom is 0.253 e. The zero-order valence-corrected chi connectivity index (χ0v) is 12.6. The summed E-state index contributed by atoms with van der Waals surface area (Å²) in [4.78, 5) is 26.3. The van der Waals surface area contributed by atoms with Crippen LogP contribution in [0.5, 0.6) is 5.75 Å². The second-order valence-corrected chi connectivity index (χ2v) is 5.34. The van der Waals surface area contributed by atoms with Gasteiger partial charge in [0.2, 0.25) is 5.91 Å². The van der Waals surface area contributed by atoms with Crippen molar-refractivity contribution in [2.75, 3.05) is 12.0 Å². The number of carbonyl (C=O) groups excluding carboxylic acids is 2. The van der Waals surface area contributed by atoms with Gasteiger partial charge in [-0.3, -0.25) is 14.5 Å². The fourth-order valence-corrected chi connectivity index (χ4v) is 2.40. The lowest BCUT2D eigenvalue weighted by Crippen LogP contribution is -2.68. The van der Waals surface area contributed by atoms with Crippen LogP contribution in [-0.4, -0.2) is 30.5 Å². The Hall–Kier alpha value is -2.11. The van der Waals surface area contributed by atoms with Crippen LogP contribution in [0.4, 0.5) is 10.1 Å². The van der Waals surface area contributed by atoms with Gasteiger partial charge < -0.3 is 10.1 Å². The largest absolute Gasteiger partial charge is 0.494 e. The van der Waals surface area contributed by atoms with E-state index in [0.29, 0.717) is 12.1 Å². The molecule has 1 aromatic rings. The van der Waals surface area contributed by atoms with Crippen molar-refractivity contribution in [3.63, 3.8) is 0 Å². The molecule has 5 nitrogen and oxygen atoms in total. The molecule has 0 spiro atoms. The third-order valence-corrected chi connectivity index (χ3v) is 3.97. The molecule has 1 aliphatic heterocycles. The van der Waals surface area contributed by atoms with Crippen LogP contribution in [0.3, 0.4) is 0 Å². The van der Waals surface area contributed by atoms with E-state index in [0.717, 1.165) is 0 Å². The number of benzene rings is 1. The van der Waals surface area contributed by atoms with Crippen LogP contribution in [0.1, 0.15) is 27.2 Å². The predicted octanol–water partition coefficient (Wildman–Crippen LogP) is 1.85. The Morgan fingerprint density at radius 2 is 2.10 bits per heavy atom. The third-order valence-electron chi connectivity index (χ3n) is 3.97. The van der Waals surface area contributed by atoms with Crippen LogP contribution in [-0.2, 0) is 9.59 Å². The number of nitrogens with zero attached hydrogens (tertiary/aromatic N) is 1. The molecule has 1 N–H and O–H groups in total. The molecule has 0 aromatic heterocycles. The second kappa shape index (κ2) is 5.35. The van der Waals surface area contributed by atoms with Gasteiger partial charge in [0, 0.05) is 6.07 Å². The first-order valence-electron chi connectivity index (χ1n) is 6.83. The Bertz CT molecular complexity index is 590. The molecular weight excluding hydrogens is 275 g/mol. The zero-order valence-electron chi connectivity index (χ0n) is 12.6. The Balaban J connectivity index is 2.54. The highest BCUT2D eigenvalue weighted by molar-refractivity contribution is 6.11. The number of halogens is 1. The molecule has 0 saturated carbocycles. The monoisotopic (exact) mass is 294 g/mol. The van der Waals surface area contributed by atoms with Crippen molar-refractivity contribution >= 4 is 17.5 Å². The summed E-state index contributed by atoms with van der Waals surface area (Å²) in [6.07, 6.45) is 0.463. The summed E-state index contributed by atoms with van der Waals surface area (Å²) in [6, 6.07) is 3.22. The van der Waals surface area contributed by atoms with Gasteiger partial charge in [0.05, 0.1) is 12.8 Å². The van der Waals surface area contributed by atoms with Crippen molar-refractivity contribution in [1.29, 1.82) is 0 Å². The molecule has 0 aliphatic carbocycles. The maximum absolute atomic E-state index is 13.3. The number of nitrogens with one attached hydrogen (secondary N) is 1. The van der Waals surface area contributed by atoms with Crippen LogP contribution in [0.15, 0.2) is 18.2 Å². The average molecular weight is 294 g/mol. The molecule has 2 unspecified atom stereocenters. The van der Waals surface area contributed by atoms with E-state index >= 15 is 0 Å². The molecule has 1 fully saturated rings. The average Bonchev–Trinajstić information content (AvgIpc) is 2.46. The van der Waals surface area contributed by atoms with E-state index in [1.807, 2.05) is 6.92 Å². The maximum atomic E-state index is 13.3. The fraction of sp³-hybridized carbons (Fsp3) is 0.467. The Morgan fingerprint density at radius 3 is 2.67 bits per heavy atom. The van der Waals surface area contributed by atoms with E-state index in [1.54, 1.807) is 13.8 Å². The molecule has 114 valence electrons. The van der Waals surface area contributed by atoms with Gasteiger partial charge in [0.25, 0.3) is 5.91 Å². The van der Waals surface area contributed by atoms with Gasteiger partial charge in [-0.05, 0) is 32.4 Å². The quantitative estimate of drug-likeness (QED) is 0.925. The summed E-state index contributed by atoms with van der Waals surface area (Å²) in [5, 5.41) is 2.75. The first kappa shape index (κ1) is 15.3. The van der Waals surface area contributed by atoms with E-state index in [1.165, 1.54) is 30.2 Å². The van der Waals surface area contributed by atoms with Gasteiger partial charge in [-0.15, -0.1) is 0 Å². The lowest BCUT2D eigenvalue weighted by molar-refractivity contribution is -0.137. The standard InChI is InChI=1S/C15H19FN2O3/c1-5-15(3)14(20)18(9(2)13(19)17-15)11-7-6-10(16)8-12(11)21-4/h6-9H,5H2,1-4H3,(H,17,19). The lowest BCUT2D eigenvalue weighted by atomic mass is 9.91. The van der Waals surface area contributed by atoms with Gasteiger partial charge in [-0.2, -0.15) is 0 Å². The van der Waals surface area contributed by atoms with Crippen molar-refractivity contribution < 1.29 is 18.7 Å². The molecule has 2 rings (SSSR count). The third kappa shape index (κ3) is 2.46. The molecule has 1 aromatic carbocycles. The minimum atomic E-state index is -0.969. The Morgan fingerprint density at radius 1 is 1.43 bits per heavy atom. The normalized spacial score (nSPS) is 25.8. The van der Waals surface area contributed by atoms with E-state index in [-0.39, 0.29) is 17.6 Å². The molecule has 0 radical (unpaired) electrons. The highest BCUT2D eigenvalue weighted by Crippen LogP contribution is 2.34. The summed E-state index contributed by atoms with van der Waals surface area (Å²) < 4.78 is 18.5. The highest BCUT2D eigenvalue weighted by Gasteiger charge is 2.46. The molecule has 2 amide bonds. The number of amides is 2. The summed E-state index contributed by atoms with van der Waals surface area (Å²) in [7, 11) is 1.40. The molecule has 1 saturated heterocycles. The first-order valence-corrected chi connectivity index (χ1v) is 6.83. The molecule has 0 bridgehead atoms. The van der Waals surface area contributed by atoms with E-state index in [9.17, 15) is 14.0 Å². The van der Waals surface area contributed by atoms with Gasteiger partial charge >= 0.3 is 0 Å². The Labute approximate surface area is 123 Å². The van der Waals surface area contributed by atoms with Crippen LogP contribution in [0.2, 0.25) is 0 Å². The highest BCUT2D eigenvalue weighted by atomic mass is 19.1. The molecule has 21 heavy (non-hydrogen) atoms. The van der Waals surface area contributed by atoms with Gasteiger partial charge in [-0.1, -0.05) is 6.92 Å².